The number of aromatic nitrogens is 2. The zero-order chi connectivity index (χ0) is 14.5. The second kappa shape index (κ2) is 6.88. The molecule has 0 saturated heterocycles. The first-order valence-corrected chi connectivity index (χ1v) is 8.13. The van der Waals surface area contributed by atoms with Crippen molar-refractivity contribution < 1.29 is 4.74 Å². The van der Waals surface area contributed by atoms with Gasteiger partial charge in [-0.3, -0.25) is 0 Å². The Morgan fingerprint density at radius 3 is 2.80 bits per heavy atom. The van der Waals surface area contributed by atoms with E-state index in [-0.39, 0.29) is 6.10 Å². The van der Waals surface area contributed by atoms with Crippen molar-refractivity contribution in [3.05, 3.63) is 11.4 Å². The van der Waals surface area contributed by atoms with Crippen LogP contribution in [0.5, 0.6) is 5.88 Å². The van der Waals surface area contributed by atoms with Gasteiger partial charge in [0, 0.05) is 6.54 Å². The molecule has 1 unspecified atom stereocenters. The molecular weight excluding hydrogens is 270 g/mol. The van der Waals surface area contributed by atoms with Crippen LogP contribution in [-0.4, -0.2) is 22.6 Å². The van der Waals surface area contributed by atoms with Gasteiger partial charge in [-0.25, -0.2) is 4.98 Å². The van der Waals surface area contributed by atoms with Gasteiger partial charge in [0.05, 0.1) is 11.5 Å². The van der Waals surface area contributed by atoms with Gasteiger partial charge in [-0.05, 0) is 37.1 Å². The molecule has 4 nitrogen and oxygen atoms in total. The van der Waals surface area contributed by atoms with Crippen molar-refractivity contribution in [3.8, 4) is 5.88 Å². The summed E-state index contributed by atoms with van der Waals surface area (Å²) in [5.74, 6) is 1.97. The molecule has 0 amide bonds. The lowest BCUT2D eigenvalue weighted by atomic mass is 10.1. The van der Waals surface area contributed by atoms with Crippen molar-refractivity contribution in [2.75, 3.05) is 11.9 Å². The third-order valence-electron chi connectivity index (χ3n) is 2.94. The number of nitrogens with one attached hydrogen (secondary N) is 1. The van der Waals surface area contributed by atoms with E-state index < -0.39 is 0 Å². The minimum atomic E-state index is 0.159. The van der Waals surface area contributed by atoms with Gasteiger partial charge in [0.2, 0.25) is 11.8 Å². The Morgan fingerprint density at radius 1 is 1.30 bits per heavy atom. The number of thiophene rings is 1. The predicted molar refractivity (Wildman–Crippen MR) is 85.7 cm³/mol. The van der Waals surface area contributed by atoms with Gasteiger partial charge in [0.25, 0.3) is 0 Å². The summed E-state index contributed by atoms with van der Waals surface area (Å²) in [6, 6.07) is 2.03. The Balaban J connectivity index is 2.22. The van der Waals surface area contributed by atoms with Crippen LogP contribution in [0.3, 0.4) is 0 Å². The van der Waals surface area contributed by atoms with E-state index in [0.717, 1.165) is 29.6 Å². The van der Waals surface area contributed by atoms with Gasteiger partial charge >= 0.3 is 0 Å². The topological polar surface area (TPSA) is 47.0 Å². The maximum absolute atomic E-state index is 6.03. The number of fused-ring (bicyclic) bond motifs is 1. The molecule has 5 heteroatoms. The van der Waals surface area contributed by atoms with E-state index in [9.17, 15) is 0 Å². The van der Waals surface area contributed by atoms with E-state index in [4.69, 9.17) is 4.74 Å². The quantitative estimate of drug-likeness (QED) is 0.825. The zero-order valence-electron chi connectivity index (χ0n) is 12.6. The zero-order valence-corrected chi connectivity index (χ0v) is 13.5. The Hall–Kier alpha value is -1.36. The molecule has 0 aliphatic carbocycles. The first-order valence-electron chi connectivity index (χ1n) is 7.26. The number of anilines is 1. The van der Waals surface area contributed by atoms with E-state index in [1.807, 2.05) is 11.4 Å². The second-order valence-electron chi connectivity index (χ2n) is 5.48. The van der Waals surface area contributed by atoms with Crippen LogP contribution in [0.4, 0.5) is 5.95 Å². The third-order valence-corrected chi connectivity index (χ3v) is 3.75. The van der Waals surface area contributed by atoms with Gasteiger partial charge in [-0.15, -0.1) is 11.3 Å². The first-order chi connectivity index (χ1) is 9.60. The maximum atomic E-state index is 6.03. The fraction of sp³-hybridized carbons (Fsp3) is 0.600. The number of nitrogens with zero attached hydrogens (tertiary/aromatic N) is 2. The Kier molecular flexibility index (Phi) is 5.17. The molecule has 0 aliphatic rings. The van der Waals surface area contributed by atoms with Gasteiger partial charge in [0.15, 0.2) is 0 Å². The van der Waals surface area contributed by atoms with Crippen molar-refractivity contribution >= 4 is 27.5 Å². The van der Waals surface area contributed by atoms with Crippen LogP contribution >= 0.6 is 11.3 Å². The number of ether oxygens (including phenoxy) is 1. The minimum absolute atomic E-state index is 0.159. The van der Waals surface area contributed by atoms with Crippen LogP contribution < -0.4 is 10.1 Å². The average molecular weight is 293 g/mol. The minimum Gasteiger partial charge on any atom is -0.474 e. The summed E-state index contributed by atoms with van der Waals surface area (Å²) in [5, 5.41) is 6.27. The van der Waals surface area contributed by atoms with E-state index in [2.05, 4.69) is 43.0 Å². The summed E-state index contributed by atoms with van der Waals surface area (Å²) in [6.07, 6.45) is 2.23. The second-order valence-corrected chi connectivity index (χ2v) is 6.37. The van der Waals surface area contributed by atoms with Gasteiger partial charge in [-0.1, -0.05) is 20.8 Å². The maximum Gasteiger partial charge on any atom is 0.227 e. The molecule has 0 fully saturated rings. The molecule has 0 aromatic carbocycles. The highest BCUT2D eigenvalue weighted by molar-refractivity contribution is 7.16. The summed E-state index contributed by atoms with van der Waals surface area (Å²) in [6.45, 7) is 9.50. The van der Waals surface area contributed by atoms with Gasteiger partial charge in [0.1, 0.15) is 4.83 Å². The molecule has 1 N–H and O–H groups in total. The lowest BCUT2D eigenvalue weighted by molar-refractivity contribution is 0.188. The lowest BCUT2D eigenvalue weighted by Crippen LogP contribution is -2.16. The van der Waals surface area contributed by atoms with E-state index in [1.165, 1.54) is 0 Å². The Bertz CT molecular complexity index is 553. The van der Waals surface area contributed by atoms with Crippen molar-refractivity contribution in [2.24, 2.45) is 5.92 Å². The van der Waals surface area contributed by atoms with Crippen LogP contribution in [0, 0.1) is 5.92 Å². The first kappa shape index (κ1) is 15.0. The predicted octanol–water partition coefficient (Wildman–Crippen LogP) is 4.33. The molecule has 2 heterocycles. The lowest BCUT2D eigenvalue weighted by Gasteiger charge is -2.17. The van der Waals surface area contributed by atoms with Crippen LogP contribution in [0.15, 0.2) is 11.4 Å². The summed E-state index contributed by atoms with van der Waals surface area (Å²) in [4.78, 5) is 10.0. The monoisotopic (exact) mass is 293 g/mol. The molecule has 2 aromatic heterocycles. The van der Waals surface area contributed by atoms with E-state index in [0.29, 0.717) is 17.7 Å². The van der Waals surface area contributed by atoms with Crippen LogP contribution in [0.2, 0.25) is 0 Å². The van der Waals surface area contributed by atoms with Gasteiger partial charge in [-0.2, -0.15) is 4.98 Å². The molecule has 1 atom stereocenters. The number of hydrogen-bond acceptors (Lipinski definition) is 5. The molecule has 0 saturated carbocycles. The standard InChI is InChI=1S/C15H23N3OS/c1-5-7-16-15-17-13(19-11(4)9-10(2)3)12-6-8-20-14(12)18-15/h6,8,10-11H,5,7,9H2,1-4H3,(H,16,17,18). The normalized spacial score (nSPS) is 12.8. The SMILES string of the molecule is CCCNc1nc(OC(C)CC(C)C)c2ccsc2n1. The number of rotatable bonds is 7. The highest BCUT2D eigenvalue weighted by Crippen LogP contribution is 2.29. The van der Waals surface area contributed by atoms with Crippen molar-refractivity contribution in [1.82, 2.24) is 9.97 Å². The number of hydrogen-bond donors (Lipinski definition) is 1. The van der Waals surface area contributed by atoms with Crippen LogP contribution in [0.1, 0.15) is 40.5 Å². The molecule has 20 heavy (non-hydrogen) atoms. The van der Waals surface area contributed by atoms with Crippen molar-refractivity contribution in [3.63, 3.8) is 0 Å². The smallest absolute Gasteiger partial charge is 0.227 e. The van der Waals surface area contributed by atoms with Crippen LogP contribution in [-0.2, 0) is 0 Å². The highest BCUT2D eigenvalue weighted by atomic mass is 32.1. The fourth-order valence-electron chi connectivity index (χ4n) is 2.14. The molecule has 0 spiro atoms. The van der Waals surface area contributed by atoms with Gasteiger partial charge < -0.3 is 10.1 Å². The average Bonchev–Trinajstić information content (AvgIpc) is 2.83. The van der Waals surface area contributed by atoms with E-state index in [1.54, 1.807) is 11.3 Å². The van der Waals surface area contributed by atoms with E-state index >= 15 is 0 Å². The molecule has 110 valence electrons. The Morgan fingerprint density at radius 2 is 2.10 bits per heavy atom. The fourth-order valence-corrected chi connectivity index (χ4v) is 2.89. The molecule has 0 radical (unpaired) electrons. The summed E-state index contributed by atoms with van der Waals surface area (Å²) in [5.41, 5.74) is 0. The summed E-state index contributed by atoms with van der Waals surface area (Å²) < 4.78 is 6.03. The van der Waals surface area contributed by atoms with Crippen molar-refractivity contribution in [1.29, 1.82) is 0 Å². The Labute approximate surface area is 124 Å². The summed E-state index contributed by atoms with van der Waals surface area (Å²) in [7, 11) is 0. The molecule has 2 aromatic rings. The largest absolute Gasteiger partial charge is 0.474 e. The van der Waals surface area contributed by atoms with Crippen molar-refractivity contribution in [2.45, 2.75) is 46.6 Å². The molecule has 0 aliphatic heterocycles. The summed E-state index contributed by atoms with van der Waals surface area (Å²) >= 11 is 1.62. The highest BCUT2D eigenvalue weighted by Gasteiger charge is 2.13. The molecular formula is C15H23N3OS. The molecule has 2 rings (SSSR count). The third kappa shape index (κ3) is 3.82. The van der Waals surface area contributed by atoms with Crippen LogP contribution in [0.25, 0.3) is 10.2 Å². The molecule has 0 bridgehead atoms.